The quantitative estimate of drug-likeness (QED) is 0.871. The molecule has 0 spiro atoms. The predicted octanol–water partition coefficient (Wildman–Crippen LogP) is 3.63. The maximum absolute atomic E-state index is 9.29. The van der Waals surface area contributed by atoms with Gasteiger partial charge >= 0.3 is 0 Å². The molecule has 0 aromatic heterocycles. The number of nitrogens with one attached hydrogen (secondary N) is 1. The lowest BCUT2D eigenvalue weighted by atomic mass is 9.92. The highest BCUT2D eigenvalue weighted by molar-refractivity contribution is 5.25. The number of aliphatic hydroxyl groups is 1. The topological polar surface area (TPSA) is 35.5 Å². The Kier molecular flexibility index (Phi) is 6.09. The zero-order valence-corrected chi connectivity index (χ0v) is 14.5. The van der Waals surface area contributed by atoms with Crippen LogP contribution in [0, 0.1) is 0 Å². The first-order chi connectivity index (χ1) is 11.3. The number of likely N-dealkylation sites (tertiary alicyclic amines) is 1. The number of nitrogens with zero attached hydrogens (tertiary/aromatic N) is 1. The Labute approximate surface area is 141 Å². The summed E-state index contributed by atoms with van der Waals surface area (Å²) in [4.78, 5) is 2.74. The molecule has 1 saturated carbocycles. The minimum atomic E-state index is 0.125. The van der Waals surface area contributed by atoms with Crippen molar-refractivity contribution in [3.8, 4) is 0 Å². The first-order valence-electron chi connectivity index (χ1n) is 9.46. The van der Waals surface area contributed by atoms with E-state index in [1.54, 1.807) is 0 Å². The van der Waals surface area contributed by atoms with Gasteiger partial charge in [-0.25, -0.2) is 0 Å². The molecule has 1 aromatic rings. The van der Waals surface area contributed by atoms with Crippen LogP contribution in [0.5, 0.6) is 0 Å². The van der Waals surface area contributed by atoms with Crippen molar-refractivity contribution < 1.29 is 5.11 Å². The van der Waals surface area contributed by atoms with Gasteiger partial charge in [0.05, 0.1) is 6.61 Å². The van der Waals surface area contributed by atoms with Crippen LogP contribution >= 0.6 is 0 Å². The minimum absolute atomic E-state index is 0.125. The van der Waals surface area contributed by atoms with E-state index in [0.29, 0.717) is 12.1 Å². The van der Waals surface area contributed by atoms with E-state index in [0.717, 1.165) is 11.6 Å². The molecular formula is C20H32N2O. The third kappa shape index (κ3) is 4.56. The van der Waals surface area contributed by atoms with Crippen LogP contribution in [-0.2, 0) is 6.61 Å². The van der Waals surface area contributed by atoms with Gasteiger partial charge in [0.1, 0.15) is 0 Å². The van der Waals surface area contributed by atoms with Gasteiger partial charge < -0.3 is 15.3 Å². The average molecular weight is 316 g/mol. The third-order valence-corrected chi connectivity index (χ3v) is 5.74. The van der Waals surface area contributed by atoms with Crippen LogP contribution < -0.4 is 5.32 Å². The zero-order chi connectivity index (χ0) is 16.1. The van der Waals surface area contributed by atoms with Gasteiger partial charge in [-0.3, -0.25) is 0 Å². The van der Waals surface area contributed by atoms with Crippen molar-refractivity contribution in [3.05, 3.63) is 35.4 Å². The molecule has 128 valence electrons. The number of hydrogen-bond donors (Lipinski definition) is 2. The van der Waals surface area contributed by atoms with Crippen molar-refractivity contribution in [1.29, 1.82) is 0 Å². The largest absolute Gasteiger partial charge is 0.392 e. The zero-order valence-electron chi connectivity index (χ0n) is 14.5. The Balaban J connectivity index is 1.47. The first kappa shape index (κ1) is 16.9. The van der Waals surface area contributed by atoms with Gasteiger partial charge in [-0.05, 0) is 56.8 Å². The van der Waals surface area contributed by atoms with Gasteiger partial charge in [-0.2, -0.15) is 0 Å². The van der Waals surface area contributed by atoms with Crippen molar-refractivity contribution in [3.63, 3.8) is 0 Å². The Hall–Kier alpha value is -0.900. The summed E-state index contributed by atoms with van der Waals surface area (Å²) in [7, 11) is 0. The van der Waals surface area contributed by atoms with E-state index in [-0.39, 0.29) is 6.61 Å². The molecule has 1 unspecified atom stereocenters. The lowest BCUT2D eigenvalue weighted by Gasteiger charge is -2.40. The van der Waals surface area contributed by atoms with E-state index >= 15 is 0 Å². The fraction of sp³-hybridized carbons (Fsp3) is 0.700. The molecule has 1 aliphatic heterocycles. The molecule has 0 amide bonds. The molecule has 3 heteroatoms. The third-order valence-electron chi connectivity index (χ3n) is 5.74. The van der Waals surface area contributed by atoms with Gasteiger partial charge in [-0.1, -0.05) is 43.5 Å². The molecule has 1 saturated heterocycles. The summed E-state index contributed by atoms with van der Waals surface area (Å²) < 4.78 is 0. The van der Waals surface area contributed by atoms with E-state index in [2.05, 4.69) is 29.3 Å². The van der Waals surface area contributed by atoms with Crippen LogP contribution in [0.25, 0.3) is 0 Å². The summed E-state index contributed by atoms with van der Waals surface area (Å²) in [6.45, 7) is 4.88. The monoisotopic (exact) mass is 316 g/mol. The fourth-order valence-corrected chi connectivity index (χ4v) is 4.29. The molecule has 2 aliphatic rings. The van der Waals surface area contributed by atoms with Crippen molar-refractivity contribution in [2.75, 3.05) is 13.1 Å². The van der Waals surface area contributed by atoms with Crippen LogP contribution in [0.3, 0.4) is 0 Å². The minimum Gasteiger partial charge on any atom is -0.392 e. The van der Waals surface area contributed by atoms with Crippen molar-refractivity contribution >= 4 is 0 Å². The smallest absolute Gasteiger partial charge is 0.0681 e. The lowest BCUT2D eigenvalue weighted by molar-refractivity contribution is 0.113. The fourth-order valence-electron chi connectivity index (χ4n) is 4.29. The highest BCUT2D eigenvalue weighted by Gasteiger charge is 2.26. The summed E-state index contributed by atoms with van der Waals surface area (Å²) in [6.07, 6.45) is 9.67. The van der Waals surface area contributed by atoms with Crippen LogP contribution in [0.15, 0.2) is 24.3 Å². The molecule has 2 fully saturated rings. The molecule has 23 heavy (non-hydrogen) atoms. The highest BCUT2D eigenvalue weighted by Crippen LogP contribution is 2.26. The summed E-state index contributed by atoms with van der Waals surface area (Å²) >= 11 is 0. The van der Waals surface area contributed by atoms with Gasteiger partial charge in [0, 0.05) is 18.1 Å². The molecule has 3 nitrogen and oxygen atoms in total. The normalized spacial score (nSPS) is 23.0. The molecule has 0 bridgehead atoms. The van der Waals surface area contributed by atoms with Crippen LogP contribution in [0.2, 0.25) is 0 Å². The molecule has 1 atom stereocenters. The second kappa shape index (κ2) is 8.27. The van der Waals surface area contributed by atoms with E-state index in [4.69, 9.17) is 0 Å². The van der Waals surface area contributed by atoms with E-state index in [1.807, 2.05) is 12.1 Å². The van der Waals surface area contributed by atoms with E-state index in [9.17, 15) is 5.11 Å². The molecule has 1 heterocycles. The second-order valence-corrected chi connectivity index (χ2v) is 7.39. The number of benzene rings is 1. The lowest BCUT2D eigenvalue weighted by Crippen LogP contribution is -2.47. The Bertz CT molecular complexity index is 476. The Morgan fingerprint density at radius 1 is 1.13 bits per heavy atom. The van der Waals surface area contributed by atoms with E-state index < -0.39 is 0 Å². The molecule has 0 radical (unpaired) electrons. The van der Waals surface area contributed by atoms with Crippen LogP contribution in [0.1, 0.15) is 69.0 Å². The standard InChI is InChI=1S/C20H32N2O/c1-16(18-7-5-6-17(14-18)15-23)21-19-10-12-22(13-11-19)20-8-3-2-4-9-20/h5-7,14,16,19-21,23H,2-4,8-13,15H2,1H3. The van der Waals surface area contributed by atoms with Gasteiger partial charge in [-0.15, -0.1) is 0 Å². The van der Waals surface area contributed by atoms with Gasteiger partial charge in [0.25, 0.3) is 0 Å². The summed E-state index contributed by atoms with van der Waals surface area (Å²) in [5, 5.41) is 13.1. The highest BCUT2D eigenvalue weighted by atomic mass is 16.3. The van der Waals surface area contributed by atoms with Crippen LogP contribution in [0.4, 0.5) is 0 Å². The van der Waals surface area contributed by atoms with Gasteiger partial charge in [0.15, 0.2) is 0 Å². The maximum Gasteiger partial charge on any atom is 0.0681 e. The molecule has 1 aromatic carbocycles. The van der Waals surface area contributed by atoms with Crippen molar-refractivity contribution in [2.45, 2.75) is 76.6 Å². The summed E-state index contributed by atoms with van der Waals surface area (Å²) in [6, 6.07) is 10.2. The maximum atomic E-state index is 9.29. The van der Waals surface area contributed by atoms with Crippen molar-refractivity contribution in [2.24, 2.45) is 0 Å². The number of hydrogen-bond acceptors (Lipinski definition) is 3. The van der Waals surface area contributed by atoms with Crippen molar-refractivity contribution in [1.82, 2.24) is 10.2 Å². The van der Waals surface area contributed by atoms with Crippen LogP contribution in [-0.4, -0.2) is 35.2 Å². The Morgan fingerprint density at radius 2 is 1.87 bits per heavy atom. The average Bonchev–Trinajstić information content (AvgIpc) is 2.63. The van der Waals surface area contributed by atoms with E-state index in [1.165, 1.54) is 63.6 Å². The molecule has 3 rings (SSSR count). The number of rotatable bonds is 5. The number of piperidine rings is 1. The molecule has 1 aliphatic carbocycles. The molecular weight excluding hydrogens is 284 g/mol. The van der Waals surface area contributed by atoms with Gasteiger partial charge in [0.2, 0.25) is 0 Å². The predicted molar refractivity (Wildman–Crippen MR) is 95.4 cm³/mol. The molecule has 2 N–H and O–H groups in total. The second-order valence-electron chi connectivity index (χ2n) is 7.39. The number of aliphatic hydroxyl groups excluding tert-OH is 1. The summed E-state index contributed by atoms with van der Waals surface area (Å²) in [5.74, 6) is 0. The Morgan fingerprint density at radius 3 is 2.57 bits per heavy atom. The first-order valence-corrected chi connectivity index (χ1v) is 9.46. The SMILES string of the molecule is CC(NC1CCN(C2CCCCC2)CC1)c1cccc(CO)c1. The summed E-state index contributed by atoms with van der Waals surface area (Å²) in [5.41, 5.74) is 2.29.